The van der Waals surface area contributed by atoms with Crippen molar-refractivity contribution in [3.63, 3.8) is 0 Å². The number of carbonyl (C=O) groups is 2. The lowest BCUT2D eigenvalue weighted by Crippen LogP contribution is -2.34. The first kappa shape index (κ1) is 18.7. The molecule has 2 aromatic rings. The van der Waals surface area contributed by atoms with Gasteiger partial charge in [-0.25, -0.2) is 0 Å². The smallest absolute Gasteiger partial charge is 0.231 e. The molecule has 0 aliphatic heterocycles. The van der Waals surface area contributed by atoms with E-state index in [4.69, 9.17) is 5.73 Å². The third-order valence-corrected chi connectivity index (χ3v) is 4.30. The largest absolute Gasteiger partial charge is 0.327 e. The summed E-state index contributed by atoms with van der Waals surface area (Å²) in [5.41, 5.74) is 8.20. The first-order valence-corrected chi connectivity index (χ1v) is 8.35. The molecule has 3 N–H and O–H groups in total. The van der Waals surface area contributed by atoms with Gasteiger partial charge in [0.15, 0.2) is 0 Å². The second-order valence-electron chi connectivity index (χ2n) is 6.30. The lowest BCUT2D eigenvalue weighted by atomic mass is 10.0. The number of anilines is 2. The van der Waals surface area contributed by atoms with Crippen LogP contribution in [0.5, 0.6) is 0 Å². The molecule has 0 radical (unpaired) electrons. The molecule has 0 heterocycles. The quantitative estimate of drug-likeness (QED) is 0.850. The van der Waals surface area contributed by atoms with Crippen LogP contribution in [0.2, 0.25) is 0 Å². The summed E-state index contributed by atoms with van der Waals surface area (Å²) in [4.78, 5) is 26.0. The van der Waals surface area contributed by atoms with Crippen LogP contribution in [0.25, 0.3) is 0 Å². The Hall–Kier alpha value is -2.66. The molecule has 0 aromatic heterocycles. The summed E-state index contributed by atoms with van der Waals surface area (Å²) < 4.78 is 0. The van der Waals surface area contributed by atoms with Crippen LogP contribution in [0.1, 0.15) is 19.4 Å². The van der Waals surface area contributed by atoms with Crippen LogP contribution in [-0.2, 0) is 16.0 Å². The van der Waals surface area contributed by atoms with Crippen LogP contribution >= 0.6 is 0 Å². The minimum Gasteiger partial charge on any atom is -0.327 e. The summed E-state index contributed by atoms with van der Waals surface area (Å²) in [5.74, 6) is -0.364. The molecule has 0 aliphatic carbocycles. The fraction of sp³-hybridized carbons (Fsp3) is 0.300. The Balaban J connectivity index is 1.96. The number of amides is 2. The molecule has 25 heavy (non-hydrogen) atoms. The first-order chi connectivity index (χ1) is 11.9. The number of nitrogens with zero attached hydrogens (tertiary/aromatic N) is 1. The van der Waals surface area contributed by atoms with E-state index in [-0.39, 0.29) is 23.8 Å². The summed E-state index contributed by atoms with van der Waals surface area (Å²) in [7, 11) is 1.77. The molecule has 2 amide bonds. The maximum absolute atomic E-state index is 12.4. The topological polar surface area (TPSA) is 75.4 Å². The number of rotatable bonds is 6. The Morgan fingerprint density at radius 1 is 1.04 bits per heavy atom. The van der Waals surface area contributed by atoms with E-state index in [1.165, 1.54) is 0 Å². The molecule has 0 spiro atoms. The molecule has 0 fully saturated rings. The highest BCUT2D eigenvalue weighted by Gasteiger charge is 2.17. The number of para-hydroxylation sites is 1. The molecule has 5 heteroatoms. The van der Waals surface area contributed by atoms with E-state index in [1.54, 1.807) is 31.0 Å². The summed E-state index contributed by atoms with van der Waals surface area (Å²) in [6.45, 7) is 3.61. The summed E-state index contributed by atoms with van der Waals surface area (Å²) in [6, 6.07) is 16.6. The standard InChI is InChI=1S/C20H25N3O2/c1-14(15(2)21)20(25)22-17-11-9-16(10-12-17)13-19(24)23(3)18-7-5-4-6-8-18/h4-12,14-15H,13,21H2,1-3H3,(H,22,25). The van der Waals surface area contributed by atoms with Crippen LogP contribution in [0, 0.1) is 5.92 Å². The highest BCUT2D eigenvalue weighted by Crippen LogP contribution is 2.15. The SMILES string of the molecule is CC(N)C(C)C(=O)Nc1ccc(CC(=O)N(C)c2ccccc2)cc1. The zero-order valence-corrected chi connectivity index (χ0v) is 14.9. The normalized spacial score (nSPS) is 13.0. The number of hydrogen-bond donors (Lipinski definition) is 2. The Labute approximate surface area is 148 Å². The molecule has 132 valence electrons. The van der Waals surface area contributed by atoms with Gasteiger partial charge in [0.05, 0.1) is 12.3 Å². The van der Waals surface area contributed by atoms with Crippen LogP contribution in [0.3, 0.4) is 0 Å². The van der Waals surface area contributed by atoms with Crippen molar-refractivity contribution >= 4 is 23.2 Å². The Morgan fingerprint density at radius 3 is 2.20 bits per heavy atom. The van der Waals surface area contributed by atoms with Gasteiger partial charge in [-0.15, -0.1) is 0 Å². The van der Waals surface area contributed by atoms with Crippen molar-refractivity contribution in [1.82, 2.24) is 0 Å². The molecular formula is C20H25N3O2. The maximum Gasteiger partial charge on any atom is 0.231 e. The van der Waals surface area contributed by atoms with Crippen molar-refractivity contribution in [2.75, 3.05) is 17.3 Å². The van der Waals surface area contributed by atoms with Gasteiger partial charge in [0.2, 0.25) is 11.8 Å². The first-order valence-electron chi connectivity index (χ1n) is 8.35. The van der Waals surface area contributed by atoms with E-state index >= 15 is 0 Å². The Kier molecular flexibility index (Phi) is 6.31. The van der Waals surface area contributed by atoms with Gasteiger partial charge in [-0.3, -0.25) is 9.59 Å². The second-order valence-corrected chi connectivity index (χ2v) is 6.30. The number of hydrogen-bond acceptors (Lipinski definition) is 3. The van der Waals surface area contributed by atoms with E-state index in [9.17, 15) is 9.59 Å². The fourth-order valence-electron chi connectivity index (χ4n) is 2.29. The van der Waals surface area contributed by atoms with Crippen molar-refractivity contribution in [2.24, 2.45) is 11.7 Å². The average molecular weight is 339 g/mol. The van der Waals surface area contributed by atoms with Gasteiger partial charge in [-0.1, -0.05) is 37.3 Å². The van der Waals surface area contributed by atoms with Crippen molar-refractivity contribution < 1.29 is 9.59 Å². The molecule has 2 aromatic carbocycles. The zero-order chi connectivity index (χ0) is 18.4. The highest BCUT2D eigenvalue weighted by molar-refractivity contribution is 5.95. The lowest BCUT2D eigenvalue weighted by molar-refractivity contribution is -0.120. The van der Waals surface area contributed by atoms with Gasteiger partial charge in [0.1, 0.15) is 0 Å². The monoisotopic (exact) mass is 339 g/mol. The van der Waals surface area contributed by atoms with Crippen LogP contribution in [0.15, 0.2) is 54.6 Å². The molecule has 5 nitrogen and oxygen atoms in total. The van der Waals surface area contributed by atoms with E-state index < -0.39 is 0 Å². The van der Waals surface area contributed by atoms with Crippen molar-refractivity contribution in [3.05, 3.63) is 60.2 Å². The predicted octanol–water partition coefficient (Wildman–Crippen LogP) is 2.81. The van der Waals surface area contributed by atoms with E-state index in [0.29, 0.717) is 12.1 Å². The van der Waals surface area contributed by atoms with E-state index in [0.717, 1.165) is 11.3 Å². The molecule has 2 atom stereocenters. The number of likely N-dealkylation sites (N-methyl/N-ethyl adjacent to an activating group) is 1. The summed E-state index contributed by atoms with van der Waals surface area (Å²) in [5, 5.41) is 2.84. The lowest BCUT2D eigenvalue weighted by Gasteiger charge is -2.17. The number of nitrogens with one attached hydrogen (secondary N) is 1. The van der Waals surface area contributed by atoms with Gasteiger partial charge >= 0.3 is 0 Å². The van der Waals surface area contributed by atoms with Gasteiger partial charge in [0, 0.05) is 24.5 Å². The molecule has 0 aliphatic rings. The zero-order valence-electron chi connectivity index (χ0n) is 14.9. The van der Waals surface area contributed by atoms with Crippen LogP contribution in [0.4, 0.5) is 11.4 Å². The van der Waals surface area contributed by atoms with Crippen molar-refractivity contribution in [3.8, 4) is 0 Å². The third-order valence-electron chi connectivity index (χ3n) is 4.30. The van der Waals surface area contributed by atoms with Crippen LogP contribution in [-0.4, -0.2) is 24.9 Å². The number of nitrogens with two attached hydrogens (primary N) is 1. The molecule has 0 saturated heterocycles. The Morgan fingerprint density at radius 2 is 1.64 bits per heavy atom. The van der Waals surface area contributed by atoms with E-state index in [2.05, 4.69) is 5.32 Å². The molecule has 2 unspecified atom stereocenters. The molecule has 2 rings (SSSR count). The molecule has 0 saturated carbocycles. The molecule has 0 bridgehead atoms. The minimum absolute atomic E-state index is 0.00793. The summed E-state index contributed by atoms with van der Waals surface area (Å²) >= 11 is 0. The second kappa shape index (κ2) is 8.44. The minimum atomic E-state index is -0.263. The Bertz CT molecular complexity index is 711. The van der Waals surface area contributed by atoms with Crippen molar-refractivity contribution in [1.29, 1.82) is 0 Å². The fourth-order valence-corrected chi connectivity index (χ4v) is 2.29. The summed E-state index contributed by atoms with van der Waals surface area (Å²) in [6.07, 6.45) is 0.301. The van der Waals surface area contributed by atoms with Gasteiger partial charge < -0.3 is 16.0 Å². The third kappa shape index (κ3) is 5.16. The van der Waals surface area contributed by atoms with E-state index in [1.807, 2.05) is 49.4 Å². The van der Waals surface area contributed by atoms with Crippen molar-refractivity contribution in [2.45, 2.75) is 26.3 Å². The number of carbonyl (C=O) groups excluding carboxylic acids is 2. The maximum atomic E-state index is 12.4. The van der Waals surface area contributed by atoms with Gasteiger partial charge in [-0.05, 0) is 36.8 Å². The van der Waals surface area contributed by atoms with Crippen LogP contribution < -0.4 is 16.0 Å². The van der Waals surface area contributed by atoms with Gasteiger partial charge in [0.25, 0.3) is 0 Å². The number of benzene rings is 2. The predicted molar refractivity (Wildman–Crippen MR) is 101 cm³/mol. The highest BCUT2D eigenvalue weighted by atomic mass is 16.2. The average Bonchev–Trinajstić information content (AvgIpc) is 2.62. The molecular weight excluding hydrogens is 314 g/mol. The van der Waals surface area contributed by atoms with Gasteiger partial charge in [-0.2, -0.15) is 0 Å².